The van der Waals surface area contributed by atoms with E-state index in [0.717, 1.165) is 28.7 Å². The highest BCUT2D eigenvalue weighted by Crippen LogP contribution is 2.36. The minimum Gasteiger partial charge on any atom is -0.396 e. The van der Waals surface area contributed by atoms with Gasteiger partial charge in [0.25, 0.3) is 0 Å². The molecule has 2 amide bonds. The Morgan fingerprint density at radius 2 is 1.62 bits per heavy atom. The van der Waals surface area contributed by atoms with E-state index in [-0.39, 0.29) is 24.5 Å². The van der Waals surface area contributed by atoms with E-state index in [4.69, 9.17) is 0 Å². The fourth-order valence-electron chi connectivity index (χ4n) is 4.58. The number of amides is 2. The average molecular weight is 433 g/mol. The van der Waals surface area contributed by atoms with Crippen LogP contribution < -0.4 is 5.32 Å². The zero-order valence-corrected chi connectivity index (χ0v) is 18.3. The third-order valence-electron chi connectivity index (χ3n) is 6.51. The lowest BCUT2D eigenvalue weighted by Crippen LogP contribution is -2.58. The zero-order chi connectivity index (χ0) is 22.6. The molecular weight excluding hydrogens is 403 g/mol. The average Bonchev–Trinajstić information content (AvgIpc) is 2.83. The van der Waals surface area contributed by atoms with Gasteiger partial charge in [-0.1, -0.05) is 66.7 Å². The van der Waals surface area contributed by atoms with Crippen molar-refractivity contribution in [2.24, 2.45) is 0 Å². The minimum absolute atomic E-state index is 0.0797. The molecule has 0 saturated carbocycles. The van der Waals surface area contributed by atoms with Crippen LogP contribution in [0.2, 0.25) is 0 Å². The first-order valence-electron chi connectivity index (χ1n) is 11.1. The van der Waals surface area contributed by atoms with Gasteiger partial charge in [-0.25, -0.2) is 9.18 Å². The van der Waals surface area contributed by atoms with Crippen molar-refractivity contribution in [1.29, 1.82) is 0 Å². The molecule has 2 N–H and O–H groups in total. The Kier molecular flexibility index (Phi) is 6.56. The van der Waals surface area contributed by atoms with Gasteiger partial charge in [0.05, 0.1) is 11.6 Å². The number of aliphatic hydroxyl groups excluding tert-OH is 1. The highest BCUT2D eigenvalue weighted by Gasteiger charge is 2.40. The molecule has 1 fully saturated rings. The molecule has 0 bridgehead atoms. The lowest BCUT2D eigenvalue weighted by molar-refractivity contribution is 0.117. The van der Waals surface area contributed by atoms with Crippen molar-refractivity contribution >= 4 is 6.03 Å². The molecule has 3 aromatic carbocycles. The maximum absolute atomic E-state index is 13.2. The molecule has 0 radical (unpaired) electrons. The maximum atomic E-state index is 13.2. The summed E-state index contributed by atoms with van der Waals surface area (Å²) in [5.41, 5.74) is 3.64. The fourth-order valence-corrected chi connectivity index (χ4v) is 4.58. The summed E-state index contributed by atoms with van der Waals surface area (Å²) in [7, 11) is 0. The number of urea groups is 1. The summed E-state index contributed by atoms with van der Waals surface area (Å²) in [6.45, 7) is 2.77. The van der Waals surface area contributed by atoms with Crippen LogP contribution in [0.4, 0.5) is 9.18 Å². The smallest absolute Gasteiger partial charge is 0.318 e. The SMILES string of the molecule is CC(c1ccc(-c2ccc(F)cc2)cc1)N1CCC(CCCO)(c2ccccc2)NC1=O. The monoisotopic (exact) mass is 432 g/mol. The van der Waals surface area contributed by atoms with E-state index in [1.807, 2.05) is 66.4 Å². The van der Waals surface area contributed by atoms with Crippen molar-refractivity contribution in [1.82, 2.24) is 10.2 Å². The van der Waals surface area contributed by atoms with Crippen LogP contribution >= 0.6 is 0 Å². The minimum atomic E-state index is -0.455. The Morgan fingerprint density at radius 1 is 1.00 bits per heavy atom. The molecule has 0 spiro atoms. The van der Waals surface area contributed by atoms with E-state index < -0.39 is 5.54 Å². The second kappa shape index (κ2) is 9.53. The molecule has 1 aliphatic rings. The molecule has 1 saturated heterocycles. The number of benzene rings is 3. The van der Waals surface area contributed by atoms with Gasteiger partial charge < -0.3 is 15.3 Å². The van der Waals surface area contributed by atoms with Crippen LogP contribution in [-0.4, -0.2) is 29.2 Å². The number of aliphatic hydroxyl groups is 1. The van der Waals surface area contributed by atoms with Gasteiger partial charge in [-0.3, -0.25) is 0 Å². The van der Waals surface area contributed by atoms with E-state index in [2.05, 4.69) is 5.32 Å². The van der Waals surface area contributed by atoms with E-state index >= 15 is 0 Å². The van der Waals surface area contributed by atoms with Gasteiger partial charge in [0.15, 0.2) is 0 Å². The Labute approximate surface area is 188 Å². The molecule has 0 aliphatic carbocycles. The largest absolute Gasteiger partial charge is 0.396 e. The number of nitrogens with zero attached hydrogens (tertiary/aromatic N) is 1. The molecule has 2 unspecified atom stereocenters. The third-order valence-corrected chi connectivity index (χ3v) is 6.51. The van der Waals surface area contributed by atoms with Crippen LogP contribution in [-0.2, 0) is 5.54 Å². The summed E-state index contributed by atoms with van der Waals surface area (Å²) in [5, 5.41) is 12.7. The molecule has 1 aliphatic heterocycles. The van der Waals surface area contributed by atoms with E-state index in [1.165, 1.54) is 12.1 Å². The molecule has 1 heterocycles. The third kappa shape index (κ3) is 4.53. The van der Waals surface area contributed by atoms with Gasteiger partial charge in [-0.2, -0.15) is 0 Å². The Hall–Kier alpha value is -3.18. The summed E-state index contributed by atoms with van der Waals surface area (Å²) >= 11 is 0. The van der Waals surface area contributed by atoms with Gasteiger partial charge in [-0.15, -0.1) is 0 Å². The number of nitrogens with one attached hydrogen (secondary N) is 1. The van der Waals surface area contributed by atoms with E-state index in [9.17, 15) is 14.3 Å². The predicted octanol–water partition coefficient (Wildman–Crippen LogP) is 5.64. The zero-order valence-electron chi connectivity index (χ0n) is 18.3. The molecule has 5 heteroatoms. The van der Waals surface area contributed by atoms with Gasteiger partial charge in [0.2, 0.25) is 0 Å². The Morgan fingerprint density at radius 3 is 2.22 bits per heavy atom. The maximum Gasteiger partial charge on any atom is 0.318 e. The van der Waals surface area contributed by atoms with Crippen LogP contribution in [0.3, 0.4) is 0 Å². The standard InChI is InChI=1S/C27H29FN2O2/c1-20(21-8-10-22(11-9-21)23-12-14-25(28)15-13-23)30-18-17-27(16-5-19-31,29-26(30)32)24-6-3-2-4-7-24/h2-4,6-15,20,31H,5,16-19H2,1H3,(H,29,32). The lowest BCUT2D eigenvalue weighted by Gasteiger charge is -2.45. The van der Waals surface area contributed by atoms with Crippen LogP contribution in [0.25, 0.3) is 11.1 Å². The summed E-state index contributed by atoms with van der Waals surface area (Å²) in [6.07, 6.45) is 2.12. The number of hydrogen-bond donors (Lipinski definition) is 2. The van der Waals surface area contributed by atoms with Crippen LogP contribution in [0, 0.1) is 5.82 Å². The van der Waals surface area contributed by atoms with Crippen molar-refractivity contribution < 1.29 is 14.3 Å². The molecule has 3 aromatic rings. The molecule has 4 rings (SSSR count). The number of carbonyl (C=O) groups excluding carboxylic acids is 1. The highest BCUT2D eigenvalue weighted by atomic mass is 19.1. The second-order valence-electron chi connectivity index (χ2n) is 8.45. The van der Waals surface area contributed by atoms with Crippen molar-refractivity contribution in [2.45, 2.75) is 37.8 Å². The van der Waals surface area contributed by atoms with Crippen molar-refractivity contribution in [3.05, 3.63) is 95.8 Å². The summed E-state index contributed by atoms with van der Waals surface area (Å²) in [5.74, 6) is -0.249. The lowest BCUT2D eigenvalue weighted by atomic mass is 9.81. The highest BCUT2D eigenvalue weighted by molar-refractivity contribution is 5.77. The number of halogens is 1. The number of rotatable bonds is 7. The van der Waals surface area contributed by atoms with Crippen LogP contribution in [0.1, 0.15) is 43.4 Å². The number of hydrogen-bond acceptors (Lipinski definition) is 2. The van der Waals surface area contributed by atoms with Crippen LogP contribution in [0.5, 0.6) is 0 Å². The summed E-state index contributed by atoms with van der Waals surface area (Å²) < 4.78 is 13.2. The summed E-state index contributed by atoms with van der Waals surface area (Å²) in [6, 6.07) is 24.4. The van der Waals surface area contributed by atoms with Crippen molar-refractivity contribution in [2.75, 3.05) is 13.2 Å². The van der Waals surface area contributed by atoms with Crippen molar-refractivity contribution in [3.8, 4) is 11.1 Å². The Bertz CT molecular complexity index is 1040. The normalized spacial score (nSPS) is 19.5. The van der Waals surface area contributed by atoms with Gasteiger partial charge in [0.1, 0.15) is 5.82 Å². The van der Waals surface area contributed by atoms with E-state index in [0.29, 0.717) is 19.4 Å². The molecular formula is C27H29FN2O2. The summed E-state index contributed by atoms with van der Waals surface area (Å²) in [4.78, 5) is 15.1. The molecule has 166 valence electrons. The molecule has 2 atom stereocenters. The van der Waals surface area contributed by atoms with Crippen LogP contribution in [0.15, 0.2) is 78.9 Å². The first-order chi connectivity index (χ1) is 15.5. The van der Waals surface area contributed by atoms with Crippen molar-refractivity contribution in [3.63, 3.8) is 0 Å². The molecule has 4 nitrogen and oxygen atoms in total. The van der Waals surface area contributed by atoms with Gasteiger partial charge in [-0.05, 0) is 60.6 Å². The van der Waals surface area contributed by atoms with Gasteiger partial charge in [0, 0.05) is 13.2 Å². The molecule has 32 heavy (non-hydrogen) atoms. The van der Waals surface area contributed by atoms with E-state index in [1.54, 1.807) is 12.1 Å². The first kappa shape index (κ1) is 22.0. The molecule has 0 aromatic heterocycles. The fraction of sp³-hybridized carbons (Fsp3) is 0.296. The van der Waals surface area contributed by atoms with Gasteiger partial charge >= 0.3 is 6.03 Å². The quantitative estimate of drug-likeness (QED) is 0.508. The Balaban J connectivity index is 1.50. The topological polar surface area (TPSA) is 52.6 Å². The first-order valence-corrected chi connectivity index (χ1v) is 11.1. The second-order valence-corrected chi connectivity index (χ2v) is 8.45. The predicted molar refractivity (Wildman–Crippen MR) is 125 cm³/mol. The number of carbonyl (C=O) groups is 1.